The highest BCUT2D eigenvalue weighted by molar-refractivity contribution is 5.90. The average molecular weight is 561 g/mol. The number of aromatic nitrogens is 2. The van der Waals surface area contributed by atoms with Crippen molar-refractivity contribution >= 4 is 22.7 Å². The minimum Gasteiger partial charge on any atom is -0.361 e. The van der Waals surface area contributed by atoms with Crippen LogP contribution < -0.4 is 10.6 Å². The molecule has 6 rings (SSSR count). The summed E-state index contributed by atoms with van der Waals surface area (Å²) in [4.78, 5) is 39.7. The number of hydrogen-bond acceptors (Lipinski definition) is 5. The van der Waals surface area contributed by atoms with E-state index in [2.05, 4.69) is 36.5 Å². The molecule has 8 nitrogen and oxygen atoms in total. The Kier molecular flexibility index (Phi) is 8.08. The van der Waals surface area contributed by atoms with Crippen LogP contribution in [0, 0.1) is 11.7 Å². The minimum atomic E-state index is -0.526. The maximum Gasteiger partial charge on any atom is 0.245 e. The number of carbonyl (C=O) groups excluding carboxylic acids is 2. The number of benzene rings is 1. The topological polar surface area (TPSA) is 93.4 Å². The van der Waals surface area contributed by atoms with E-state index >= 15 is 0 Å². The molecule has 3 aromatic rings. The third kappa shape index (κ3) is 5.49. The van der Waals surface area contributed by atoms with E-state index in [9.17, 15) is 14.0 Å². The summed E-state index contributed by atoms with van der Waals surface area (Å²) in [7, 11) is 1.76. The fourth-order valence-electron chi connectivity index (χ4n) is 7.49. The van der Waals surface area contributed by atoms with Crippen molar-refractivity contribution in [2.24, 2.45) is 5.92 Å². The summed E-state index contributed by atoms with van der Waals surface area (Å²) in [5.41, 5.74) is 3.03. The number of hydrogen-bond donors (Lipinski definition) is 3. The molecule has 5 atom stereocenters. The summed E-state index contributed by atoms with van der Waals surface area (Å²) >= 11 is 0. The highest BCUT2D eigenvalue weighted by Crippen LogP contribution is 2.44. The van der Waals surface area contributed by atoms with Crippen molar-refractivity contribution in [3.05, 3.63) is 65.9 Å². The van der Waals surface area contributed by atoms with Gasteiger partial charge >= 0.3 is 0 Å². The van der Waals surface area contributed by atoms with Crippen LogP contribution in [0.1, 0.15) is 62.5 Å². The van der Waals surface area contributed by atoms with E-state index in [1.54, 1.807) is 13.2 Å². The molecule has 1 saturated carbocycles. The minimum absolute atomic E-state index is 0.0343. The van der Waals surface area contributed by atoms with Crippen molar-refractivity contribution in [2.75, 3.05) is 20.1 Å². The van der Waals surface area contributed by atoms with E-state index in [-0.39, 0.29) is 47.6 Å². The highest BCUT2D eigenvalue weighted by atomic mass is 19.1. The van der Waals surface area contributed by atoms with Crippen molar-refractivity contribution in [1.29, 1.82) is 0 Å². The van der Waals surface area contributed by atoms with E-state index in [1.165, 1.54) is 18.6 Å². The Bertz CT molecular complexity index is 1370. The predicted octanol–water partition coefficient (Wildman–Crippen LogP) is 3.94. The molecule has 2 aliphatic heterocycles. The first-order valence-corrected chi connectivity index (χ1v) is 15.1. The Morgan fingerprint density at radius 3 is 2.76 bits per heavy atom. The van der Waals surface area contributed by atoms with E-state index in [4.69, 9.17) is 0 Å². The lowest BCUT2D eigenvalue weighted by Crippen LogP contribution is -2.57. The van der Waals surface area contributed by atoms with Crippen LogP contribution in [0.15, 0.2) is 48.9 Å². The second kappa shape index (κ2) is 11.9. The zero-order chi connectivity index (χ0) is 28.5. The quantitative estimate of drug-likeness (QED) is 0.388. The molecular formula is C32H41FN6O2. The molecule has 3 fully saturated rings. The van der Waals surface area contributed by atoms with E-state index in [0.29, 0.717) is 6.54 Å². The fourth-order valence-corrected chi connectivity index (χ4v) is 7.49. The third-order valence-corrected chi connectivity index (χ3v) is 9.71. The molecule has 1 aromatic carbocycles. The predicted molar refractivity (Wildman–Crippen MR) is 157 cm³/mol. The van der Waals surface area contributed by atoms with Crippen molar-refractivity contribution in [3.63, 3.8) is 0 Å². The third-order valence-electron chi connectivity index (χ3n) is 9.71. The molecule has 2 saturated heterocycles. The molecule has 0 unspecified atom stereocenters. The Morgan fingerprint density at radius 2 is 2.00 bits per heavy atom. The summed E-state index contributed by atoms with van der Waals surface area (Å²) in [5.74, 6) is -0.160. The van der Waals surface area contributed by atoms with Gasteiger partial charge in [0.15, 0.2) is 0 Å². The van der Waals surface area contributed by atoms with Crippen LogP contribution in [0.25, 0.3) is 10.9 Å². The van der Waals surface area contributed by atoms with Gasteiger partial charge < -0.3 is 20.5 Å². The number of rotatable bonds is 8. The molecule has 218 valence electrons. The fraction of sp³-hybridized carbons (Fsp3) is 0.531. The number of fused-ring (bicyclic) bond motifs is 2. The van der Waals surface area contributed by atoms with Crippen molar-refractivity contribution in [2.45, 2.75) is 82.1 Å². The second-order valence-corrected chi connectivity index (χ2v) is 12.1. The molecule has 2 aromatic heterocycles. The zero-order valence-electron chi connectivity index (χ0n) is 24.0. The number of halogens is 1. The molecule has 3 aliphatic rings. The Hall–Kier alpha value is -3.30. The first-order valence-electron chi connectivity index (χ1n) is 15.1. The number of nitrogens with zero attached hydrogens (tertiary/aromatic N) is 3. The summed E-state index contributed by atoms with van der Waals surface area (Å²) in [6.07, 6.45) is 11.8. The Labute approximate surface area is 241 Å². The van der Waals surface area contributed by atoms with Crippen LogP contribution in [0.3, 0.4) is 0 Å². The largest absolute Gasteiger partial charge is 0.361 e. The van der Waals surface area contributed by atoms with Gasteiger partial charge in [-0.1, -0.05) is 25.3 Å². The van der Waals surface area contributed by atoms with Gasteiger partial charge in [0.25, 0.3) is 0 Å². The molecule has 1 aliphatic carbocycles. The van der Waals surface area contributed by atoms with Crippen LogP contribution in [0.5, 0.6) is 0 Å². The SMILES string of the molecule is CN[C@@H](C)C(=O)N[C@H](C(=O)N1CC[C@@H]2[C@H]1[C@@H](c1c[nH]c3cc(F)ccc13)CN2Cc1cccnc1)C1CCCCC1. The van der Waals surface area contributed by atoms with Gasteiger partial charge in [-0.05, 0) is 74.5 Å². The smallest absolute Gasteiger partial charge is 0.245 e. The van der Waals surface area contributed by atoms with E-state index in [1.807, 2.05) is 31.5 Å². The normalized spacial score (nSPS) is 24.9. The van der Waals surface area contributed by atoms with Crippen molar-refractivity contribution in [3.8, 4) is 0 Å². The van der Waals surface area contributed by atoms with Gasteiger partial charge in [0.05, 0.1) is 12.1 Å². The zero-order valence-corrected chi connectivity index (χ0v) is 24.0. The number of H-pyrrole nitrogens is 1. The van der Waals surface area contributed by atoms with Crippen LogP contribution in [0.2, 0.25) is 0 Å². The van der Waals surface area contributed by atoms with Crippen LogP contribution in [0.4, 0.5) is 4.39 Å². The first kappa shape index (κ1) is 27.8. The number of carbonyl (C=O) groups is 2. The molecule has 0 spiro atoms. The number of pyridine rings is 1. The summed E-state index contributed by atoms with van der Waals surface area (Å²) in [5, 5.41) is 7.18. The number of likely N-dealkylation sites (N-methyl/N-ethyl adjacent to an activating group) is 1. The van der Waals surface area contributed by atoms with Gasteiger partial charge in [-0.3, -0.25) is 19.5 Å². The van der Waals surface area contributed by atoms with Gasteiger partial charge in [-0.2, -0.15) is 0 Å². The average Bonchev–Trinajstić information content (AvgIpc) is 3.71. The van der Waals surface area contributed by atoms with Crippen molar-refractivity contribution < 1.29 is 14.0 Å². The number of likely N-dealkylation sites (tertiary alicyclic amines) is 2. The molecule has 3 N–H and O–H groups in total. The monoisotopic (exact) mass is 560 g/mol. The lowest BCUT2D eigenvalue weighted by atomic mass is 9.82. The maximum atomic E-state index is 14.5. The van der Waals surface area contributed by atoms with E-state index < -0.39 is 6.04 Å². The van der Waals surface area contributed by atoms with Crippen molar-refractivity contribution in [1.82, 2.24) is 30.4 Å². The molecule has 9 heteroatoms. The second-order valence-electron chi connectivity index (χ2n) is 12.1. The Balaban J connectivity index is 1.34. The van der Waals surface area contributed by atoms with Crippen LogP contribution >= 0.6 is 0 Å². The van der Waals surface area contributed by atoms with Gasteiger partial charge in [0.1, 0.15) is 11.9 Å². The number of aromatic amines is 1. The van der Waals surface area contributed by atoms with Gasteiger partial charge in [-0.15, -0.1) is 0 Å². The molecule has 4 heterocycles. The molecule has 0 radical (unpaired) electrons. The molecule has 2 amide bonds. The highest BCUT2D eigenvalue weighted by Gasteiger charge is 2.52. The maximum absolute atomic E-state index is 14.5. The number of amides is 2. The van der Waals surface area contributed by atoms with Crippen LogP contribution in [-0.2, 0) is 16.1 Å². The first-order chi connectivity index (χ1) is 19.9. The van der Waals surface area contributed by atoms with Crippen LogP contribution in [-0.4, -0.2) is 75.9 Å². The molecular weight excluding hydrogens is 519 g/mol. The van der Waals surface area contributed by atoms with E-state index in [0.717, 1.165) is 67.2 Å². The Morgan fingerprint density at radius 1 is 1.17 bits per heavy atom. The van der Waals surface area contributed by atoms with Gasteiger partial charge in [0.2, 0.25) is 11.8 Å². The number of nitrogens with one attached hydrogen (secondary N) is 3. The summed E-state index contributed by atoms with van der Waals surface area (Å²) in [6.45, 7) is 4.03. The van der Waals surface area contributed by atoms with Gasteiger partial charge in [0, 0.05) is 61.1 Å². The lowest BCUT2D eigenvalue weighted by Gasteiger charge is -2.36. The van der Waals surface area contributed by atoms with Gasteiger partial charge in [-0.25, -0.2) is 4.39 Å². The molecule has 41 heavy (non-hydrogen) atoms. The summed E-state index contributed by atoms with van der Waals surface area (Å²) in [6, 6.07) is 8.20. The summed E-state index contributed by atoms with van der Waals surface area (Å²) < 4.78 is 14.0. The lowest BCUT2D eigenvalue weighted by molar-refractivity contribution is -0.139. The molecule has 0 bridgehead atoms. The standard InChI is InChI=1S/C32H41FN6O2/c1-20(34-2)31(40)37-29(22-8-4-3-5-9-22)32(41)39-14-12-28-30(39)26(19-38(28)18-21-7-6-13-35-16-21)25-17-36-27-15-23(33)10-11-24(25)27/h6-7,10-11,13,15-17,20,22,26,28-30,34,36H,3-5,8-9,12,14,18-19H2,1-2H3,(H,37,40)/t20-,26+,28+,29-,30+/m0/s1.